The number of anilines is 1. The van der Waals surface area contributed by atoms with Gasteiger partial charge in [-0.3, -0.25) is 0 Å². The van der Waals surface area contributed by atoms with Crippen molar-refractivity contribution in [1.29, 1.82) is 0 Å². The average molecular weight is 250 g/mol. The van der Waals surface area contributed by atoms with Gasteiger partial charge in [0, 0.05) is 10.6 Å². The molecule has 1 nitrogen and oxygen atoms in total. The number of thioether (sulfide) groups is 1. The van der Waals surface area contributed by atoms with Crippen molar-refractivity contribution in [1.82, 2.24) is 0 Å². The van der Waals surface area contributed by atoms with Crippen molar-refractivity contribution in [2.45, 2.75) is 10.6 Å². The molecule has 0 heterocycles. The SMILES string of the molecule is Nc1cc(CSc2ccccc2)ccc1Cl. The number of rotatable bonds is 3. The van der Waals surface area contributed by atoms with Crippen molar-refractivity contribution < 1.29 is 0 Å². The molecule has 82 valence electrons. The third-order valence-electron chi connectivity index (χ3n) is 2.21. The minimum absolute atomic E-state index is 0.619. The zero-order chi connectivity index (χ0) is 11.4. The van der Waals surface area contributed by atoms with E-state index in [-0.39, 0.29) is 0 Å². The van der Waals surface area contributed by atoms with E-state index in [4.69, 9.17) is 17.3 Å². The predicted molar refractivity (Wildman–Crippen MR) is 71.9 cm³/mol. The number of nitrogen functional groups attached to an aromatic ring is 1. The fraction of sp³-hybridized carbons (Fsp3) is 0.0769. The maximum absolute atomic E-state index is 5.87. The summed E-state index contributed by atoms with van der Waals surface area (Å²) in [7, 11) is 0. The van der Waals surface area contributed by atoms with Crippen LogP contribution < -0.4 is 5.73 Å². The van der Waals surface area contributed by atoms with Gasteiger partial charge in [-0.25, -0.2) is 0 Å². The lowest BCUT2D eigenvalue weighted by atomic mass is 10.2. The van der Waals surface area contributed by atoms with Crippen LogP contribution in [0.1, 0.15) is 5.56 Å². The van der Waals surface area contributed by atoms with E-state index in [0.717, 1.165) is 5.75 Å². The number of hydrogen-bond acceptors (Lipinski definition) is 2. The first-order chi connectivity index (χ1) is 7.75. The summed E-state index contributed by atoms with van der Waals surface area (Å²) in [6.07, 6.45) is 0. The molecular formula is C13H12ClNS. The van der Waals surface area contributed by atoms with Crippen LogP contribution in [0.3, 0.4) is 0 Å². The van der Waals surface area contributed by atoms with E-state index in [2.05, 4.69) is 12.1 Å². The minimum Gasteiger partial charge on any atom is -0.398 e. The van der Waals surface area contributed by atoms with Crippen molar-refractivity contribution in [2.75, 3.05) is 5.73 Å². The standard InChI is InChI=1S/C13H12ClNS/c14-12-7-6-10(8-13(12)15)9-16-11-4-2-1-3-5-11/h1-8H,9,15H2. The number of benzene rings is 2. The van der Waals surface area contributed by atoms with Gasteiger partial charge in [-0.1, -0.05) is 35.9 Å². The molecular weight excluding hydrogens is 238 g/mol. The molecule has 0 bridgehead atoms. The quantitative estimate of drug-likeness (QED) is 0.651. The minimum atomic E-state index is 0.619. The van der Waals surface area contributed by atoms with E-state index >= 15 is 0 Å². The molecule has 0 unspecified atom stereocenters. The highest BCUT2D eigenvalue weighted by molar-refractivity contribution is 7.98. The fourth-order valence-corrected chi connectivity index (χ4v) is 2.35. The molecule has 0 aromatic heterocycles. The van der Waals surface area contributed by atoms with Gasteiger partial charge in [0.25, 0.3) is 0 Å². The molecule has 0 radical (unpaired) electrons. The summed E-state index contributed by atoms with van der Waals surface area (Å²) in [5.41, 5.74) is 7.59. The predicted octanol–water partition coefficient (Wildman–Crippen LogP) is 4.21. The van der Waals surface area contributed by atoms with Gasteiger partial charge in [-0.05, 0) is 29.8 Å². The summed E-state index contributed by atoms with van der Waals surface area (Å²) in [6.45, 7) is 0. The van der Waals surface area contributed by atoms with E-state index in [1.165, 1.54) is 10.5 Å². The Balaban J connectivity index is 2.03. The van der Waals surface area contributed by atoms with Gasteiger partial charge in [0.15, 0.2) is 0 Å². The monoisotopic (exact) mass is 249 g/mol. The van der Waals surface area contributed by atoms with Crippen molar-refractivity contribution in [2.24, 2.45) is 0 Å². The highest BCUT2D eigenvalue weighted by Crippen LogP contribution is 2.25. The van der Waals surface area contributed by atoms with Crippen molar-refractivity contribution in [3.63, 3.8) is 0 Å². The number of halogens is 1. The number of nitrogens with two attached hydrogens (primary N) is 1. The molecule has 0 aliphatic heterocycles. The molecule has 2 aromatic carbocycles. The molecule has 3 heteroatoms. The highest BCUT2D eigenvalue weighted by atomic mass is 35.5. The van der Waals surface area contributed by atoms with E-state index < -0.39 is 0 Å². The summed E-state index contributed by atoms with van der Waals surface area (Å²) < 4.78 is 0. The Morgan fingerprint density at radius 3 is 2.50 bits per heavy atom. The Morgan fingerprint density at radius 1 is 1.06 bits per heavy atom. The second-order valence-corrected chi connectivity index (χ2v) is 4.91. The second kappa shape index (κ2) is 5.28. The van der Waals surface area contributed by atoms with E-state index in [0.29, 0.717) is 10.7 Å². The zero-order valence-electron chi connectivity index (χ0n) is 8.69. The lowest BCUT2D eigenvalue weighted by Crippen LogP contribution is -1.88. The highest BCUT2D eigenvalue weighted by Gasteiger charge is 1.99. The summed E-state index contributed by atoms with van der Waals surface area (Å²) in [5, 5.41) is 0.619. The van der Waals surface area contributed by atoms with Gasteiger partial charge in [0.05, 0.1) is 10.7 Å². The summed E-state index contributed by atoms with van der Waals surface area (Å²) in [6, 6.07) is 16.1. The molecule has 16 heavy (non-hydrogen) atoms. The zero-order valence-corrected chi connectivity index (χ0v) is 10.3. The van der Waals surface area contributed by atoms with Crippen LogP contribution in [-0.2, 0) is 5.75 Å². The van der Waals surface area contributed by atoms with E-state index in [1.54, 1.807) is 11.8 Å². The first kappa shape index (κ1) is 11.4. The smallest absolute Gasteiger partial charge is 0.0635 e. The Hall–Kier alpha value is -1.12. The van der Waals surface area contributed by atoms with Crippen LogP contribution in [0.4, 0.5) is 5.69 Å². The van der Waals surface area contributed by atoms with Gasteiger partial charge in [0.2, 0.25) is 0 Å². The summed E-state index contributed by atoms with van der Waals surface area (Å²) in [4.78, 5) is 1.26. The maximum atomic E-state index is 5.87. The van der Waals surface area contributed by atoms with Gasteiger partial charge in [0.1, 0.15) is 0 Å². The fourth-order valence-electron chi connectivity index (χ4n) is 1.37. The Kier molecular flexibility index (Phi) is 3.75. The maximum Gasteiger partial charge on any atom is 0.0635 e. The van der Waals surface area contributed by atoms with Crippen LogP contribution in [0.25, 0.3) is 0 Å². The first-order valence-electron chi connectivity index (χ1n) is 4.97. The van der Waals surface area contributed by atoms with Crippen LogP contribution in [0, 0.1) is 0 Å². The molecule has 2 rings (SSSR count). The van der Waals surface area contributed by atoms with Crippen LogP contribution in [0.15, 0.2) is 53.4 Å². The third kappa shape index (κ3) is 2.94. The molecule has 0 amide bonds. The molecule has 0 spiro atoms. The van der Waals surface area contributed by atoms with Crippen LogP contribution in [0.5, 0.6) is 0 Å². The Labute approximate surface area is 105 Å². The molecule has 2 N–H and O–H groups in total. The number of hydrogen-bond donors (Lipinski definition) is 1. The van der Waals surface area contributed by atoms with Crippen molar-refractivity contribution >= 4 is 29.1 Å². The Bertz CT molecular complexity index is 471. The molecule has 0 aliphatic carbocycles. The molecule has 0 saturated carbocycles. The van der Waals surface area contributed by atoms with Gasteiger partial charge < -0.3 is 5.73 Å². The van der Waals surface area contributed by atoms with E-state index in [1.807, 2.05) is 36.4 Å². The van der Waals surface area contributed by atoms with Crippen LogP contribution in [-0.4, -0.2) is 0 Å². The average Bonchev–Trinajstić information content (AvgIpc) is 2.32. The van der Waals surface area contributed by atoms with E-state index in [9.17, 15) is 0 Å². The van der Waals surface area contributed by atoms with Crippen molar-refractivity contribution in [3.8, 4) is 0 Å². The molecule has 0 saturated heterocycles. The van der Waals surface area contributed by atoms with Crippen LogP contribution in [0.2, 0.25) is 5.02 Å². The molecule has 0 atom stereocenters. The summed E-state index contributed by atoms with van der Waals surface area (Å²) in [5.74, 6) is 0.908. The van der Waals surface area contributed by atoms with Gasteiger partial charge in [-0.2, -0.15) is 0 Å². The molecule has 2 aromatic rings. The topological polar surface area (TPSA) is 26.0 Å². The van der Waals surface area contributed by atoms with Crippen molar-refractivity contribution in [3.05, 3.63) is 59.1 Å². The second-order valence-electron chi connectivity index (χ2n) is 3.46. The Morgan fingerprint density at radius 2 is 1.81 bits per heavy atom. The summed E-state index contributed by atoms with van der Waals surface area (Å²) >= 11 is 7.66. The van der Waals surface area contributed by atoms with Gasteiger partial charge >= 0.3 is 0 Å². The first-order valence-corrected chi connectivity index (χ1v) is 6.34. The lowest BCUT2D eigenvalue weighted by Gasteiger charge is -2.04. The lowest BCUT2D eigenvalue weighted by molar-refractivity contribution is 1.38. The normalized spacial score (nSPS) is 10.3. The van der Waals surface area contributed by atoms with Gasteiger partial charge in [-0.15, -0.1) is 11.8 Å². The largest absolute Gasteiger partial charge is 0.398 e. The molecule has 0 fully saturated rings. The van der Waals surface area contributed by atoms with Crippen LogP contribution >= 0.6 is 23.4 Å². The third-order valence-corrected chi connectivity index (χ3v) is 3.64. The molecule has 0 aliphatic rings.